The molecule has 107 heavy (non-hydrogen) atoms. The number of alkyl carbamates (subject to hydrolysis) is 4. The van der Waals surface area contributed by atoms with Crippen molar-refractivity contribution in [1.29, 1.82) is 0 Å². The van der Waals surface area contributed by atoms with E-state index in [0.717, 1.165) is 18.2 Å². The van der Waals surface area contributed by atoms with Crippen molar-refractivity contribution >= 4 is 88.3 Å². The van der Waals surface area contributed by atoms with Gasteiger partial charge in [-0.1, -0.05) is 17.7 Å². The molecular formula is C63H76ClF2N11O30. The maximum absolute atomic E-state index is 12.2. The zero-order valence-corrected chi connectivity index (χ0v) is 60.4. The van der Waals surface area contributed by atoms with E-state index in [9.17, 15) is 97.8 Å². The van der Waals surface area contributed by atoms with Gasteiger partial charge < -0.3 is 88.7 Å². The van der Waals surface area contributed by atoms with Crippen molar-refractivity contribution in [1.82, 2.24) is 31.5 Å². The molecule has 0 aliphatic heterocycles. The number of carboxylic acids is 4. The third-order valence-electron chi connectivity index (χ3n) is 11.9. The Balaban J connectivity index is 0.000000486. The lowest BCUT2D eigenvalue weighted by Gasteiger charge is -2.22. The summed E-state index contributed by atoms with van der Waals surface area (Å²) in [6.45, 7) is 25.6. The predicted molar refractivity (Wildman–Crippen MR) is 363 cm³/mol. The number of nitrogens with one attached hydrogen (secondary N) is 4. The van der Waals surface area contributed by atoms with E-state index in [2.05, 4.69) is 41.0 Å². The Morgan fingerprint density at radius 1 is 0.514 bits per heavy atom. The lowest BCUT2D eigenvalue weighted by Crippen LogP contribution is -2.46. The molecule has 0 fully saturated rings. The smallest absolute Gasteiger partial charge is 0.408 e. The molecule has 0 spiro atoms. The zero-order chi connectivity index (χ0) is 82.0. The van der Waals surface area contributed by atoms with Gasteiger partial charge in [-0.25, -0.2) is 43.2 Å². The van der Waals surface area contributed by atoms with E-state index in [4.69, 9.17) is 70.7 Å². The number of nitro benzene ring substituents is 4. The van der Waals surface area contributed by atoms with Gasteiger partial charge in [0.1, 0.15) is 59.6 Å². The molecule has 0 aliphatic rings. The van der Waals surface area contributed by atoms with Crippen molar-refractivity contribution in [3.05, 3.63) is 135 Å². The number of carboxylic acid groups (broad SMARTS) is 4. The second-order valence-corrected chi connectivity index (χ2v) is 25.9. The van der Waals surface area contributed by atoms with E-state index in [1.54, 1.807) is 104 Å². The summed E-state index contributed by atoms with van der Waals surface area (Å²) in [7, 11) is 0. The molecule has 0 saturated heterocycles. The SMILES string of the molecule is CC(C)(C)OC(=O)N[C@@H](COc1ccc(OC(F)F)cc1[N+](=O)[O-])C(=O)O.CC(C)(C)OC(=O)N[C@@H](COc1cccc(Cl)c1[N+](=O)[O-])C(=O)O.Cc1nnc(-c2cc([N+](=O)[O-])c(OC[C@H](NC(=O)OC(C)(C)C)C(=O)O)cc2C)o1.[C-]#[N+]c1cc([N+](=O)[O-])c(OC[C@H](NC(=O)OC(C)(C)C)C(=O)O)cc1C. The summed E-state index contributed by atoms with van der Waals surface area (Å²) in [5, 5.41) is 97.3. The van der Waals surface area contributed by atoms with E-state index >= 15 is 0 Å². The van der Waals surface area contributed by atoms with Crippen LogP contribution in [0.3, 0.4) is 0 Å². The van der Waals surface area contributed by atoms with Gasteiger partial charge in [0, 0.05) is 24.6 Å². The standard InChI is InChI=1S/C18H22N4O8.C16H19N3O7.C15H18F2N2O8.C14H17ClN2O7/c1-9-6-14(13(22(26)27)7-11(9)15-21-20-10(2)29-15)28-8-12(16(23)24)19-17(25)30-18(3,4)5;1-9-6-13(12(19(23)24)7-10(9)17-5)25-8-11(14(20)21)18-15(22)26-16(2,3)4;1-15(2,3)27-14(22)18-9(12(20)21)7-25-11-5-4-8(26-13(16)17)6-10(11)19(23)24;1-14(2,3)24-13(20)16-9(12(18)19)7-23-10-6-4-5-8(15)11(10)17(21)22/h6-7,12H,8H2,1-5H3,(H,19,25)(H,23,24);6-7,11H,8H2,1-4H3,(H,18,22)(H,20,21);4-6,9,13H,7H2,1-3H3,(H,18,22)(H,20,21);4-6,9H,7H2,1-3H3,(H,16,20)(H,18,19)/t12-;11-;2*9-/m0000/s1. The van der Waals surface area contributed by atoms with Crippen molar-refractivity contribution in [3.63, 3.8) is 0 Å². The summed E-state index contributed by atoms with van der Waals surface area (Å²) in [5.41, 5.74) is -4.01. The van der Waals surface area contributed by atoms with Crippen molar-refractivity contribution < 1.29 is 134 Å². The highest BCUT2D eigenvalue weighted by molar-refractivity contribution is 6.33. The van der Waals surface area contributed by atoms with Gasteiger partial charge in [0.2, 0.25) is 11.8 Å². The molecular weight excluding hydrogens is 1460 g/mol. The largest absolute Gasteiger partial charge is 0.484 e. The Kier molecular flexibility index (Phi) is 33.5. The van der Waals surface area contributed by atoms with Crippen LogP contribution in [0.25, 0.3) is 16.3 Å². The van der Waals surface area contributed by atoms with Gasteiger partial charge in [-0.05, 0) is 144 Å². The van der Waals surface area contributed by atoms with Crippen LogP contribution in [0.4, 0.5) is 56.4 Å². The normalized spacial score (nSPS) is 12.1. The summed E-state index contributed by atoms with van der Waals surface area (Å²) in [5.74, 6) is -6.67. The molecule has 1 aromatic heterocycles. The summed E-state index contributed by atoms with van der Waals surface area (Å²) in [6.07, 6.45) is -3.87. The van der Waals surface area contributed by atoms with Crippen LogP contribution in [0.15, 0.2) is 65.1 Å². The highest BCUT2D eigenvalue weighted by atomic mass is 35.5. The molecule has 584 valence electrons. The molecule has 0 bridgehead atoms. The molecule has 5 aromatic rings. The first kappa shape index (κ1) is 90.3. The Labute approximate surface area is 610 Å². The lowest BCUT2D eigenvalue weighted by molar-refractivity contribution is -0.386. The van der Waals surface area contributed by atoms with E-state index in [-0.39, 0.29) is 39.6 Å². The van der Waals surface area contributed by atoms with Gasteiger partial charge in [-0.15, -0.1) is 10.2 Å². The van der Waals surface area contributed by atoms with Crippen LogP contribution in [0.2, 0.25) is 5.02 Å². The molecule has 0 saturated carbocycles. The number of carbonyl (C=O) groups is 8. The van der Waals surface area contributed by atoms with E-state index in [0.29, 0.717) is 28.6 Å². The number of benzene rings is 4. The van der Waals surface area contributed by atoms with Crippen molar-refractivity contribution in [2.75, 3.05) is 26.4 Å². The number of nitro groups is 4. The maximum atomic E-state index is 12.2. The number of alkyl halides is 2. The molecule has 0 aliphatic carbocycles. The molecule has 4 atom stereocenters. The average molecular weight is 1540 g/mol. The van der Waals surface area contributed by atoms with Gasteiger partial charge in [-0.3, -0.25) is 40.5 Å². The summed E-state index contributed by atoms with van der Waals surface area (Å²) in [6, 6.07) is 5.56. The quantitative estimate of drug-likeness (QED) is 0.0105. The number of aryl methyl sites for hydroxylation is 3. The lowest BCUT2D eigenvalue weighted by atomic mass is 10.1. The Morgan fingerprint density at radius 3 is 1.20 bits per heavy atom. The van der Waals surface area contributed by atoms with Crippen LogP contribution >= 0.6 is 11.6 Å². The van der Waals surface area contributed by atoms with Gasteiger partial charge in [0.05, 0.1) is 32.3 Å². The number of ether oxygens (including phenoxy) is 9. The fraction of sp³-hybridized carbons (Fsp3) is 0.444. The molecule has 1 heterocycles. The average Bonchev–Trinajstić information content (AvgIpc) is 1.79. The molecule has 5 rings (SSSR count). The molecule has 41 nitrogen and oxygen atoms in total. The fourth-order valence-electron chi connectivity index (χ4n) is 7.52. The number of amides is 4. The Morgan fingerprint density at radius 2 is 0.869 bits per heavy atom. The zero-order valence-electron chi connectivity index (χ0n) is 59.7. The van der Waals surface area contributed by atoms with Crippen LogP contribution in [0.1, 0.15) is 100 Å². The number of nitrogens with zero attached hydrogens (tertiary/aromatic N) is 7. The summed E-state index contributed by atoms with van der Waals surface area (Å²) < 4.78 is 74.5. The van der Waals surface area contributed by atoms with Gasteiger partial charge in [0.25, 0.3) is 0 Å². The number of hydrogen-bond acceptors (Lipinski definition) is 28. The second kappa shape index (κ2) is 39.8. The number of carbonyl (C=O) groups excluding carboxylic acids is 4. The van der Waals surface area contributed by atoms with Gasteiger partial charge in [0.15, 0.2) is 52.9 Å². The molecule has 0 radical (unpaired) electrons. The van der Waals surface area contributed by atoms with Gasteiger partial charge in [-0.2, -0.15) is 8.78 Å². The first-order valence-electron chi connectivity index (χ1n) is 30.5. The van der Waals surface area contributed by atoms with E-state index < -0.39 is 176 Å². The minimum atomic E-state index is -3.18. The summed E-state index contributed by atoms with van der Waals surface area (Å²) in [4.78, 5) is 137. The van der Waals surface area contributed by atoms with Crippen molar-refractivity contribution in [3.8, 4) is 40.2 Å². The highest BCUT2D eigenvalue weighted by Gasteiger charge is 2.33. The number of hydrogen-bond donors (Lipinski definition) is 8. The van der Waals surface area contributed by atoms with Crippen molar-refractivity contribution in [2.24, 2.45) is 0 Å². The molecule has 4 amide bonds. The van der Waals surface area contributed by atoms with Gasteiger partial charge >= 0.3 is 77.6 Å². The molecule has 4 aromatic carbocycles. The number of halogens is 3. The first-order valence-corrected chi connectivity index (χ1v) is 30.9. The minimum absolute atomic E-state index is 0.0886. The Hall–Kier alpha value is -12.8. The van der Waals surface area contributed by atoms with Crippen LogP contribution in [0, 0.1) is 67.8 Å². The van der Waals surface area contributed by atoms with Crippen LogP contribution in [-0.2, 0) is 38.1 Å². The van der Waals surface area contributed by atoms with Crippen molar-refractivity contribution in [2.45, 2.75) is 157 Å². The second-order valence-electron chi connectivity index (χ2n) is 25.5. The molecule has 8 N–H and O–H groups in total. The fourth-order valence-corrected chi connectivity index (χ4v) is 7.75. The third kappa shape index (κ3) is 33.0. The van der Waals surface area contributed by atoms with E-state index in [1.165, 1.54) is 36.4 Å². The Bertz CT molecular complexity index is 4110. The number of aromatic nitrogens is 2. The number of para-hydroxylation sites is 1. The first-order chi connectivity index (χ1) is 49.2. The minimum Gasteiger partial charge on any atom is -0.484 e. The highest BCUT2D eigenvalue weighted by Crippen LogP contribution is 2.38. The maximum Gasteiger partial charge on any atom is 0.408 e. The molecule has 44 heteroatoms. The van der Waals surface area contributed by atoms with Crippen LogP contribution in [-0.4, -0.2) is 178 Å². The third-order valence-corrected chi connectivity index (χ3v) is 12.2. The topological polar surface area (TPSA) is 565 Å². The van der Waals surface area contributed by atoms with Crippen LogP contribution in [0.5, 0.6) is 28.7 Å². The molecule has 0 unspecified atom stereocenters. The number of aliphatic carboxylic acids is 4. The number of rotatable bonds is 27. The summed E-state index contributed by atoms with van der Waals surface area (Å²) >= 11 is 5.73. The van der Waals surface area contributed by atoms with Crippen LogP contribution < -0.4 is 45.0 Å². The monoisotopic (exact) mass is 1540 g/mol. The predicted octanol–water partition coefficient (Wildman–Crippen LogP) is 10.6. The van der Waals surface area contributed by atoms with E-state index in [1.807, 2.05) is 0 Å².